The molecule has 0 unspecified atom stereocenters. The van der Waals surface area contributed by atoms with Crippen molar-refractivity contribution in [3.8, 4) is 10.6 Å². The van der Waals surface area contributed by atoms with Crippen molar-refractivity contribution in [2.75, 3.05) is 0 Å². The van der Waals surface area contributed by atoms with Crippen LogP contribution in [0.5, 0.6) is 0 Å². The number of halogens is 1. The first-order valence-electron chi connectivity index (χ1n) is 8.10. The Morgan fingerprint density at radius 2 is 2.28 bits per heavy atom. The Morgan fingerprint density at radius 1 is 1.44 bits per heavy atom. The molecule has 0 N–H and O–H groups in total. The van der Waals surface area contributed by atoms with E-state index >= 15 is 0 Å². The second-order valence-corrected chi connectivity index (χ2v) is 7.46. The highest BCUT2D eigenvalue weighted by Gasteiger charge is 2.34. The zero-order valence-corrected chi connectivity index (χ0v) is 15.3. The molecule has 0 aliphatic heterocycles. The first-order valence-corrected chi connectivity index (χ1v) is 9.36. The van der Waals surface area contributed by atoms with Crippen LogP contribution in [0.3, 0.4) is 0 Å². The maximum atomic E-state index is 13.0. The lowest BCUT2D eigenvalue weighted by molar-refractivity contribution is 0.0719. The van der Waals surface area contributed by atoms with Gasteiger partial charge in [-0.25, -0.2) is 9.97 Å². The number of thiazole rings is 1. The van der Waals surface area contributed by atoms with Gasteiger partial charge in [0.05, 0.1) is 6.54 Å². The number of imidazole rings is 1. The molecule has 0 spiro atoms. The second kappa shape index (κ2) is 6.61. The van der Waals surface area contributed by atoms with Crippen LogP contribution in [-0.4, -0.2) is 31.4 Å². The number of rotatable bonds is 5. The number of hydrogen-bond acceptors (Lipinski definition) is 4. The van der Waals surface area contributed by atoms with E-state index in [2.05, 4.69) is 9.97 Å². The predicted octanol–water partition coefficient (Wildman–Crippen LogP) is 4.00. The van der Waals surface area contributed by atoms with Gasteiger partial charge in [0.2, 0.25) is 0 Å². The second-order valence-electron chi connectivity index (χ2n) is 6.17. The molecule has 0 radical (unpaired) electrons. The van der Waals surface area contributed by atoms with Crippen molar-refractivity contribution >= 4 is 28.8 Å². The lowest BCUT2D eigenvalue weighted by Gasteiger charge is -2.21. The number of nitrogens with zero attached hydrogens (tertiary/aromatic N) is 4. The van der Waals surface area contributed by atoms with Crippen LogP contribution in [-0.2, 0) is 13.6 Å². The number of amides is 1. The van der Waals surface area contributed by atoms with Gasteiger partial charge in [0.1, 0.15) is 16.5 Å². The van der Waals surface area contributed by atoms with Gasteiger partial charge in [-0.1, -0.05) is 23.7 Å². The van der Waals surface area contributed by atoms with Crippen LogP contribution < -0.4 is 0 Å². The molecule has 7 heteroatoms. The van der Waals surface area contributed by atoms with Crippen molar-refractivity contribution in [1.82, 2.24) is 19.4 Å². The van der Waals surface area contributed by atoms with Crippen LogP contribution in [0.4, 0.5) is 0 Å². The minimum Gasteiger partial charge on any atom is -0.337 e. The largest absolute Gasteiger partial charge is 0.337 e. The van der Waals surface area contributed by atoms with Crippen LogP contribution in [0.15, 0.2) is 42.0 Å². The SMILES string of the molecule is Cn1ccnc1CN(C(=O)c1csc(-c2cccc(Cl)c2)n1)C1CC1. The fourth-order valence-corrected chi connectivity index (χ4v) is 3.71. The number of carbonyl (C=O) groups excluding carboxylic acids is 1. The van der Waals surface area contributed by atoms with E-state index in [1.165, 1.54) is 11.3 Å². The fraction of sp³-hybridized carbons (Fsp3) is 0.278. The number of carbonyl (C=O) groups is 1. The van der Waals surface area contributed by atoms with Gasteiger partial charge < -0.3 is 9.47 Å². The summed E-state index contributed by atoms with van der Waals surface area (Å²) in [5.41, 5.74) is 1.42. The van der Waals surface area contributed by atoms with E-state index < -0.39 is 0 Å². The summed E-state index contributed by atoms with van der Waals surface area (Å²) in [5, 5.41) is 3.29. The number of hydrogen-bond donors (Lipinski definition) is 0. The maximum absolute atomic E-state index is 13.0. The average molecular weight is 373 g/mol. The highest BCUT2D eigenvalue weighted by atomic mass is 35.5. The van der Waals surface area contributed by atoms with Gasteiger partial charge in [-0.05, 0) is 25.0 Å². The molecule has 0 bridgehead atoms. The summed E-state index contributed by atoms with van der Waals surface area (Å²) in [5.74, 6) is 0.848. The highest BCUT2D eigenvalue weighted by Crippen LogP contribution is 2.31. The Balaban J connectivity index is 1.58. The van der Waals surface area contributed by atoms with Gasteiger partial charge in [-0.2, -0.15) is 0 Å². The third kappa shape index (κ3) is 3.45. The van der Waals surface area contributed by atoms with Crippen LogP contribution in [0.25, 0.3) is 10.6 Å². The summed E-state index contributed by atoms with van der Waals surface area (Å²) >= 11 is 7.51. The first-order chi connectivity index (χ1) is 12.1. The van der Waals surface area contributed by atoms with Gasteiger partial charge in [-0.3, -0.25) is 4.79 Å². The van der Waals surface area contributed by atoms with Gasteiger partial charge in [0.25, 0.3) is 5.91 Å². The Kier molecular flexibility index (Phi) is 4.31. The minimum absolute atomic E-state index is 0.0324. The van der Waals surface area contributed by atoms with Crippen molar-refractivity contribution in [3.05, 3.63) is 58.6 Å². The van der Waals surface area contributed by atoms with E-state index in [-0.39, 0.29) is 5.91 Å². The molecule has 1 saturated carbocycles. The Bertz CT molecular complexity index is 915. The van der Waals surface area contributed by atoms with Crippen LogP contribution >= 0.6 is 22.9 Å². The minimum atomic E-state index is -0.0324. The van der Waals surface area contributed by atoms with E-state index in [0.29, 0.717) is 23.3 Å². The molecule has 1 amide bonds. The summed E-state index contributed by atoms with van der Waals surface area (Å²) in [6.45, 7) is 0.511. The molecule has 5 nitrogen and oxygen atoms in total. The molecule has 2 aromatic heterocycles. The van der Waals surface area contributed by atoms with Crippen molar-refractivity contribution in [1.29, 1.82) is 0 Å². The Morgan fingerprint density at radius 3 is 2.96 bits per heavy atom. The van der Waals surface area contributed by atoms with Crippen molar-refractivity contribution in [2.24, 2.45) is 7.05 Å². The maximum Gasteiger partial charge on any atom is 0.274 e. The van der Waals surface area contributed by atoms with Crippen LogP contribution in [0.2, 0.25) is 5.02 Å². The molecule has 1 aliphatic carbocycles. The van der Waals surface area contributed by atoms with E-state index in [9.17, 15) is 4.79 Å². The summed E-state index contributed by atoms with van der Waals surface area (Å²) in [6.07, 6.45) is 5.73. The lowest BCUT2D eigenvalue weighted by Crippen LogP contribution is -2.33. The first kappa shape index (κ1) is 16.3. The molecule has 1 fully saturated rings. The fourth-order valence-electron chi connectivity index (χ4n) is 2.73. The van der Waals surface area contributed by atoms with E-state index in [4.69, 9.17) is 11.6 Å². The zero-order valence-electron chi connectivity index (χ0n) is 13.7. The summed E-state index contributed by atoms with van der Waals surface area (Å²) in [6, 6.07) is 7.82. The van der Waals surface area contributed by atoms with E-state index in [1.54, 1.807) is 6.20 Å². The molecule has 128 valence electrons. The monoisotopic (exact) mass is 372 g/mol. The molecule has 4 rings (SSSR count). The molecule has 1 aromatic carbocycles. The van der Waals surface area contributed by atoms with Crippen molar-refractivity contribution in [2.45, 2.75) is 25.4 Å². The van der Waals surface area contributed by atoms with Crippen LogP contribution in [0, 0.1) is 0 Å². The van der Waals surface area contributed by atoms with E-state index in [1.807, 2.05) is 52.4 Å². The molecule has 25 heavy (non-hydrogen) atoms. The molecule has 2 heterocycles. The molecule has 0 atom stereocenters. The topological polar surface area (TPSA) is 51.0 Å². The van der Waals surface area contributed by atoms with Crippen LogP contribution in [0.1, 0.15) is 29.2 Å². The Labute approximate surface area is 154 Å². The molecule has 0 saturated heterocycles. The highest BCUT2D eigenvalue weighted by molar-refractivity contribution is 7.13. The molecular weight excluding hydrogens is 356 g/mol. The standard InChI is InChI=1S/C18H17ClN4OS/c1-22-8-7-20-16(22)10-23(14-5-6-14)18(24)15-11-25-17(21-15)12-3-2-4-13(19)9-12/h2-4,7-9,11,14H,5-6,10H2,1H3. The number of aromatic nitrogens is 3. The van der Waals surface area contributed by atoms with Gasteiger partial charge in [0, 0.05) is 41.4 Å². The lowest BCUT2D eigenvalue weighted by atomic mass is 10.2. The number of aryl methyl sites for hydroxylation is 1. The smallest absolute Gasteiger partial charge is 0.274 e. The normalized spacial score (nSPS) is 13.8. The van der Waals surface area contributed by atoms with E-state index in [0.717, 1.165) is 29.2 Å². The van der Waals surface area contributed by atoms with Crippen molar-refractivity contribution < 1.29 is 4.79 Å². The summed E-state index contributed by atoms with van der Waals surface area (Å²) in [4.78, 5) is 23.8. The van der Waals surface area contributed by atoms with Gasteiger partial charge in [-0.15, -0.1) is 11.3 Å². The van der Waals surface area contributed by atoms with Gasteiger partial charge >= 0.3 is 0 Å². The molecule has 3 aromatic rings. The average Bonchev–Trinajstić information content (AvgIpc) is 3.17. The zero-order chi connectivity index (χ0) is 17.4. The quantitative estimate of drug-likeness (QED) is 0.680. The van der Waals surface area contributed by atoms with Gasteiger partial charge in [0.15, 0.2) is 0 Å². The molecule has 1 aliphatic rings. The molecular formula is C18H17ClN4OS. The van der Waals surface area contributed by atoms with Crippen molar-refractivity contribution in [3.63, 3.8) is 0 Å². The third-order valence-corrected chi connectivity index (χ3v) is 5.40. The third-order valence-electron chi connectivity index (χ3n) is 4.28. The number of benzene rings is 1. The summed E-state index contributed by atoms with van der Waals surface area (Å²) < 4.78 is 1.95. The Hall–Kier alpha value is -2.18. The summed E-state index contributed by atoms with van der Waals surface area (Å²) in [7, 11) is 1.94. The predicted molar refractivity (Wildman–Crippen MR) is 98.7 cm³/mol.